The van der Waals surface area contributed by atoms with Crippen molar-refractivity contribution in [3.63, 3.8) is 0 Å². The van der Waals surface area contributed by atoms with E-state index in [9.17, 15) is 4.79 Å². The summed E-state index contributed by atoms with van der Waals surface area (Å²) in [6.45, 7) is 1.50. The summed E-state index contributed by atoms with van der Waals surface area (Å²) in [4.78, 5) is 11.2. The van der Waals surface area contributed by atoms with E-state index in [4.69, 9.17) is 5.26 Å². The third kappa shape index (κ3) is 1.09. The van der Waals surface area contributed by atoms with Crippen molar-refractivity contribution in [3.8, 4) is 6.07 Å². The molecule has 0 amide bonds. The van der Waals surface area contributed by atoms with Crippen LogP contribution in [0.5, 0.6) is 0 Å². The third-order valence-corrected chi connectivity index (χ3v) is 2.19. The van der Waals surface area contributed by atoms with Gasteiger partial charge in [0.1, 0.15) is 0 Å². The van der Waals surface area contributed by atoms with Crippen molar-refractivity contribution in [2.75, 3.05) is 0 Å². The van der Waals surface area contributed by atoms with Gasteiger partial charge in [-0.15, -0.1) is 0 Å². The van der Waals surface area contributed by atoms with Crippen molar-refractivity contribution in [2.45, 2.75) is 6.92 Å². The molecular formula is C11H8N2O. The molecule has 0 N–H and O–H groups in total. The summed E-state index contributed by atoms with van der Waals surface area (Å²) in [7, 11) is 0. The van der Waals surface area contributed by atoms with Crippen LogP contribution >= 0.6 is 0 Å². The Balaban J connectivity index is 2.84. The Bertz CT molecular complexity index is 546. The van der Waals surface area contributed by atoms with E-state index in [0.29, 0.717) is 5.56 Å². The lowest BCUT2D eigenvalue weighted by Gasteiger charge is -1.98. The van der Waals surface area contributed by atoms with Gasteiger partial charge < -0.3 is 0 Å². The molecule has 1 aromatic heterocycles. The topological polar surface area (TPSA) is 45.8 Å². The molecule has 0 bridgehead atoms. The summed E-state index contributed by atoms with van der Waals surface area (Å²) in [5.74, 6) is -0.0462. The van der Waals surface area contributed by atoms with Crippen LogP contribution in [0, 0.1) is 11.3 Å². The number of benzene rings is 1. The van der Waals surface area contributed by atoms with E-state index >= 15 is 0 Å². The highest BCUT2D eigenvalue weighted by Gasteiger charge is 2.06. The average molecular weight is 184 g/mol. The van der Waals surface area contributed by atoms with E-state index in [-0.39, 0.29) is 5.91 Å². The normalized spacial score (nSPS) is 10.0. The first kappa shape index (κ1) is 8.52. The molecule has 0 saturated carbocycles. The largest absolute Gasteiger partial charge is 0.287 e. The summed E-state index contributed by atoms with van der Waals surface area (Å²) in [6, 6.07) is 9.24. The Labute approximate surface area is 81.2 Å². The van der Waals surface area contributed by atoms with Gasteiger partial charge in [-0.3, -0.25) is 9.36 Å². The number of hydrogen-bond acceptors (Lipinski definition) is 2. The molecule has 1 heterocycles. The summed E-state index contributed by atoms with van der Waals surface area (Å²) in [5.41, 5.74) is 1.39. The van der Waals surface area contributed by atoms with Gasteiger partial charge in [0.05, 0.1) is 17.1 Å². The zero-order valence-electron chi connectivity index (χ0n) is 7.69. The van der Waals surface area contributed by atoms with Gasteiger partial charge in [-0.05, 0) is 18.2 Å². The van der Waals surface area contributed by atoms with E-state index in [0.717, 1.165) is 10.9 Å². The highest BCUT2D eigenvalue weighted by molar-refractivity contribution is 5.94. The minimum atomic E-state index is -0.0462. The Morgan fingerprint density at radius 1 is 1.43 bits per heavy atom. The highest BCUT2D eigenvalue weighted by atomic mass is 16.1. The molecule has 14 heavy (non-hydrogen) atoms. The lowest BCUT2D eigenvalue weighted by Crippen LogP contribution is -2.02. The van der Waals surface area contributed by atoms with Gasteiger partial charge >= 0.3 is 0 Å². The Morgan fingerprint density at radius 3 is 2.86 bits per heavy atom. The molecule has 1 aromatic carbocycles. The fraction of sp³-hybridized carbons (Fsp3) is 0.0909. The average Bonchev–Trinajstić information content (AvgIpc) is 2.60. The van der Waals surface area contributed by atoms with Crippen LogP contribution in [0.15, 0.2) is 30.5 Å². The lowest BCUT2D eigenvalue weighted by atomic mass is 10.1. The second-order valence-corrected chi connectivity index (χ2v) is 3.05. The molecule has 0 aliphatic carbocycles. The van der Waals surface area contributed by atoms with Crippen LogP contribution in [-0.2, 0) is 0 Å². The molecule has 0 spiro atoms. The van der Waals surface area contributed by atoms with E-state index in [1.807, 2.05) is 6.07 Å². The maximum absolute atomic E-state index is 11.2. The van der Waals surface area contributed by atoms with Crippen LogP contribution in [0.1, 0.15) is 17.3 Å². The molecule has 68 valence electrons. The number of nitriles is 1. The Morgan fingerprint density at radius 2 is 2.21 bits per heavy atom. The van der Waals surface area contributed by atoms with Crippen molar-refractivity contribution < 1.29 is 4.79 Å². The van der Waals surface area contributed by atoms with E-state index in [1.165, 1.54) is 11.5 Å². The fourth-order valence-electron chi connectivity index (χ4n) is 1.54. The predicted octanol–water partition coefficient (Wildman–Crippen LogP) is 2.17. The number of fused-ring (bicyclic) bond motifs is 1. The monoisotopic (exact) mass is 184 g/mol. The van der Waals surface area contributed by atoms with Crippen molar-refractivity contribution in [1.82, 2.24) is 4.57 Å². The van der Waals surface area contributed by atoms with E-state index in [2.05, 4.69) is 6.07 Å². The lowest BCUT2D eigenvalue weighted by molar-refractivity contribution is 0.0941. The number of nitrogens with zero attached hydrogens (tertiary/aromatic N) is 2. The second-order valence-electron chi connectivity index (χ2n) is 3.05. The zero-order chi connectivity index (χ0) is 10.1. The number of carbonyl (C=O) groups is 1. The predicted molar refractivity (Wildman–Crippen MR) is 53.0 cm³/mol. The first-order valence-corrected chi connectivity index (χ1v) is 4.25. The molecule has 0 saturated heterocycles. The second kappa shape index (κ2) is 3.00. The molecule has 0 aliphatic rings. The van der Waals surface area contributed by atoms with Crippen LogP contribution in [0.2, 0.25) is 0 Å². The van der Waals surface area contributed by atoms with Crippen LogP contribution in [0.25, 0.3) is 10.9 Å². The SMILES string of the molecule is CC(=O)n1ccc2c(C#N)cccc21. The quantitative estimate of drug-likeness (QED) is 0.629. The van der Waals surface area contributed by atoms with Gasteiger partial charge in [-0.25, -0.2) is 0 Å². The van der Waals surface area contributed by atoms with E-state index < -0.39 is 0 Å². The summed E-state index contributed by atoms with van der Waals surface area (Å²) in [5, 5.41) is 9.66. The van der Waals surface area contributed by atoms with Crippen LogP contribution < -0.4 is 0 Å². The smallest absolute Gasteiger partial charge is 0.227 e. The van der Waals surface area contributed by atoms with Gasteiger partial charge in [0, 0.05) is 18.5 Å². The minimum absolute atomic E-state index is 0.0462. The first-order chi connectivity index (χ1) is 6.74. The van der Waals surface area contributed by atoms with Crippen LogP contribution in [-0.4, -0.2) is 10.5 Å². The van der Waals surface area contributed by atoms with Gasteiger partial charge in [0.2, 0.25) is 5.91 Å². The molecule has 0 aliphatic heterocycles. The van der Waals surface area contributed by atoms with Crippen molar-refractivity contribution >= 4 is 16.8 Å². The standard InChI is InChI=1S/C11H8N2O/c1-8(14)13-6-5-10-9(7-12)3-2-4-11(10)13/h2-6H,1H3. The highest BCUT2D eigenvalue weighted by Crippen LogP contribution is 2.19. The molecule has 3 heteroatoms. The van der Waals surface area contributed by atoms with Gasteiger partial charge in [-0.1, -0.05) is 6.07 Å². The maximum atomic E-state index is 11.2. The summed E-state index contributed by atoms with van der Waals surface area (Å²) in [6.07, 6.45) is 1.69. The number of rotatable bonds is 0. The van der Waals surface area contributed by atoms with Gasteiger partial charge in [-0.2, -0.15) is 5.26 Å². The minimum Gasteiger partial charge on any atom is -0.287 e. The molecule has 0 radical (unpaired) electrons. The first-order valence-electron chi connectivity index (χ1n) is 4.25. The number of aromatic nitrogens is 1. The van der Waals surface area contributed by atoms with Gasteiger partial charge in [0.25, 0.3) is 0 Å². The number of carbonyl (C=O) groups excluding carboxylic acids is 1. The summed E-state index contributed by atoms with van der Waals surface area (Å²) < 4.78 is 1.54. The third-order valence-electron chi connectivity index (χ3n) is 2.19. The molecular weight excluding hydrogens is 176 g/mol. The molecule has 2 rings (SSSR count). The van der Waals surface area contributed by atoms with Crippen molar-refractivity contribution in [2.24, 2.45) is 0 Å². The molecule has 0 unspecified atom stereocenters. The molecule has 2 aromatic rings. The molecule has 0 atom stereocenters. The summed E-state index contributed by atoms with van der Waals surface area (Å²) >= 11 is 0. The zero-order valence-corrected chi connectivity index (χ0v) is 7.69. The van der Waals surface area contributed by atoms with Crippen molar-refractivity contribution in [3.05, 3.63) is 36.0 Å². The van der Waals surface area contributed by atoms with Crippen LogP contribution in [0.4, 0.5) is 0 Å². The molecule has 3 nitrogen and oxygen atoms in total. The fourth-order valence-corrected chi connectivity index (χ4v) is 1.54. The Kier molecular flexibility index (Phi) is 1.83. The van der Waals surface area contributed by atoms with Crippen LogP contribution in [0.3, 0.4) is 0 Å². The maximum Gasteiger partial charge on any atom is 0.227 e. The molecule has 0 fully saturated rings. The Hall–Kier alpha value is -2.08. The van der Waals surface area contributed by atoms with Crippen molar-refractivity contribution in [1.29, 1.82) is 5.26 Å². The van der Waals surface area contributed by atoms with E-state index in [1.54, 1.807) is 24.4 Å². The van der Waals surface area contributed by atoms with Gasteiger partial charge in [0.15, 0.2) is 0 Å². The number of hydrogen-bond donors (Lipinski definition) is 0.